The zero-order valence-electron chi connectivity index (χ0n) is 9.76. The van der Waals surface area contributed by atoms with E-state index in [0.717, 1.165) is 18.0 Å². The van der Waals surface area contributed by atoms with Crippen LogP contribution in [0, 0.1) is 5.92 Å². The van der Waals surface area contributed by atoms with Crippen molar-refractivity contribution in [2.24, 2.45) is 11.7 Å². The Kier molecular flexibility index (Phi) is 5.45. The summed E-state index contributed by atoms with van der Waals surface area (Å²) in [6.07, 6.45) is 2.88. The fraction of sp³-hybridized carbons (Fsp3) is 0.462. The molecule has 0 heterocycles. The summed E-state index contributed by atoms with van der Waals surface area (Å²) >= 11 is 0. The molecule has 1 fully saturated rings. The highest BCUT2D eigenvalue weighted by Gasteiger charge is 2.22. The van der Waals surface area contributed by atoms with Crippen LogP contribution in [0.15, 0.2) is 30.3 Å². The van der Waals surface area contributed by atoms with E-state index in [0.29, 0.717) is 6.42 Å². The summed E-state index contributed by atoms with van der Waals surface area (Å²) in [5.41, 5.74) is 6.97. The maximum absolute atomic E-state index is 11.6. The number of nitrogens with one attached hydrogen (secondary N) is 1. The van der Waals surface area contributed by atoms with Crippen molar-refractivity contribution in [1.82, 2.24) is 5.32 Å². The first kappa shape index (κ1) is 14.0. The van der Waals surface area contributed by atoms with Gasteiger partial charge in [0.2, 0.25) is 5.91 Å². The zero-order valence-corrected chi connectivity index (χ0v) is 10.6. The van der Waals surface area contributed by atoms with Crippen molar-refractivity contribution in [1.29, 1.82) is 0 Å². The molecule has 3 nitrogen and oxygen atoms in total. The predicted molar refractivity (Wildman–Crippen MR) is 71.0 cm³/mol. The molecule has 3 N–H and O–H groups in total. The fourth-order valence-corrected chi connectivity index (χ4v) is 1.67. The fourth-order valence-electron chi connectivity index (χ4n) is 1.67. The molecule has 1 atom stereocenters. The molecule has 1 amide bonds. The molecule has 1 aromatic rings. The van der Waals surface area contributed by atoms with Gasteiger partial charge < -0.3 is 11.1 Å². The number of halogens is 1. The Labute approximate surface area is 108 Å². The van der Waals surface area contributed by atoms with Gasteiger partial charge in [-0.2, -0.15) is 0 Å². The third-order valence-corrected chi connectivity index (χ3v) is 2.92. The van der Waals surface area contributed by atoms with E-state index in [-0.39, 0.29) is 24.4 Å². The molecule has 1 aliphatic carbocycles. The van der Waals surface area contributed by atoms with E-state index in [1.54, 1.807) is 0 Å². The lowest BCUT2D eigenvalue weighted by Crippen LogP contribution is -2.29. The molecule has 17 heavy (non-hydrogen) atoms. The number of benzene rings is 1. The molecule has 0 radical (unpaired) electrons. The van der Waals surface area contributed by atoms with E-state index >= 15 is 0 Å². The Hall–Kier alpha value is -1.06. The van der Waals surface area contributed by atoms with Crippen molar-refractivity contribution in [2.45, 2.75) is 25.3 Å². The SMILES string of the molecule is Cl.NC(CC(=O)NCC1CC1)c1ccccc1. The Balaban J connectivity index is 0.00000144. The van der Waals surface area contributed by atoms with Gasteiger partial charge in [-0.05, 0) is 24.3 Å². The highest BCUT2D eigenvalue weighted by molar-refractivity contribution is 5.85. The number of amides is 1. The second-order valence-corrected chi connectivity index (χ2v) is 4.47. The number of hydrogen-bond acceptors (Lipinski definition) is 2. The molecule has 1 aromatic carbocycles. The van der Waals surface area contributed by atoms with E-state index in [1.165, 1.54) is 12.8 Å². The third-order valence-electron chi connectivity index (χ3n) is 2.92. The van der Waals surface area contributed by atoms with E-state index in [4.69, 9.17) is 5.73 Å². The number of hydrogen-bond donors (Lipinski definition) is 2. The summed E-state index contributed by atoms with van der Waals surface area (Å²) in [4.78, 5) is 11.6. The van der Waals surface area contributed by atoms with Gasteiger partial charge in [-0.25, -0.2) is 0 Å². The Morgan fingerprint density at radius 3 is 2.59 bits per heavy atom. The minimum atomic E-state index is -0.194. The van der Waals surface area contributed by atoms with Crippen molar-refractivity contribution in [2.75, 3.05) is 6.54 Å². The quantitative estimate of drug-likeness (QED) is 0.845. The van der Waals surface area contributed by atoms with Gasteiger partial charge in [-0.3, -0.25) is 4.79 Å². The van der Waals surface area contributed by atoms with Crippen molar-refractivity contribution >= 4 is 18.3 Å². The molecule has 0 spiro atoms. The van der Waals surface area contributed by atoms with Gasteiger partial charge in [0, 0.05) is 19.0 Å². The molecular formula is C13H19ClN2O. The van der Waals surface area contributed by atoms with Crippen LogP contribution in [0.2, 0.25) is 0 Å². The molecule has 0 aliphatic heterocycles. The zero-order chi connectivity index (χ0) is 11.4. The summed E-state index contributed by atoms with van der Waals surface area (Å²) in [5, 5.41) is 2.93. The molecule has 0 saturated heterocycles. The van der Waals surface area contributed by atoms with Gasteiger partial charge in [-0.1, -0.05) is 30.3 Å². The number of nitrogens with two attached hydrogens (primary N) is 1. The Bertz CT molecular complexity index is 352. The van der Waals surface area contributed by atoms with E-state index in [2.05, 4.69) is 5.32 Å². The summed E-state index contributed by atoms with van der Waals surface area (Å²) in [7, 11) is 0. The monoisotopic (exact) mass is 254 g/mol. The molecule has 4 heteroatoms. The van der Waals surface area contributed by atoms with Crippen LogP contribution in [0.25, 0.3) is 0 Å². The van der Waals surface area contributed by atoms with Crippen LogP contribution in [0.3, 0.4) is 0 Å². The van der Waals surface area contributed by atoms with E-state index < -0.39 is 0 Å². The summed E-state index contributed by atoms with van der Waals surface area (Å²) < 4.78 is 0. The first-order valence-electron chi connectivity index (χ1n) is 5.83. The Morgan fingerprint density at radius 2 is 2.00 bits per heavy atom. The van der Waals surface area contributed by atoms with Crippen molar-refractivity contribution in [3.8, 4) is 0 Å². The van der Waals surface area contributed by atoms with Gasteiger partial charge in [0.05, 0.1) is 0 Å². The topological polar surface area (TPSA) is 55.1 Å². The number of rotatable bonds is 5. The normalized spacial score (nSPS) is 15.8. The molecule has 1 aliphatic rings. The van der Waals surface area contributed by atoms with Gasteiger partial charge in [0.1, 0.15) is 0 Å². The Morgan fingerprint density at radius 1 is 1.35 bits per heavy atom. The highest BCUT2D eigenvalue weighted by Crippen LogP contribution is 2.27. The van der Waals surface area contributed by atoms with Crippen molar-refractivity contribution in [3.05, 3.63) is 35.9 Å². The summed E-state index contributed by atoms with van der Waals surface area (Å²) in [6, 6.07) is 9.55. The molecule has 0 bridgehead atoms. The maximum atomic E-state index is 11.6. The predicted octanol–water partition coefficient (Wildman–Crippen LogP) is 2.02. The van der Waals surface area contributed by atoms with Crippen molar-refractivity contribution < 1.29 is 4.79 Å². The minimum Gasteiger partial charge on any atom is -0.356 e. The first-order valence-corrected chi connectivity index (χ1v) is 5.83. The lowest BCUT2D eigenvalue weighted by atomic mass is 10.0. The lowest BCUT2D eigenvalue weighted by Gasteiger charge is -2.11. The molecular weight excluding hydrogens is 236 g/mol. The van der Waals surface area contributed by atoms with E-state index in [1.807, 2.05) is 30.3 Å². The van der Waals surface area contributed by atoms with Gasteiger partial charge in [-0.15, -0.1) is 12.4 Å². The van der Waals surface area contributed by atoms with Crippen LogP contribution in [0.4, 0.5) is 0 Å². The average Bonchev–Trinajstić information content (AvgIpc) is 3.11. The lowest BCUT2D eigenvalue weighted by molar-refractivity contribution is -0.121. The second kappa shape index (κ2) is 6.62. The summed E-state index contributed by atoms with van der Waals surface area (Å²) in [6.45, 7) is 0.820. The highest BCUT2D eigenvalue weighted by atomic mass is 35.5. The van der Waals surface area contributed by atoms with Crippen molar-refractivity contribution in [3.63, 3.8) is 0 Å². The second-order valence-electron chi connectivity index (χ2n) is 4.47. The number of carbonyl (C=O) groups is 1. The van der Waals surface area contributed by atoms with Gasteiger partial charge in [0.25, 0.3) is 0 Å². The molecule has 94 valence electrons. The minimum absolute atomic E-state index is 0. The number of carbonyl (C=O) groups excluding carboxylic acids is 1. The van der Waals surface area contributed by atoms with Crippen LogP contribution in [0.5, 0.6) is 0 Å². The maximum Gasteiger partial charge on any atom is 0.221 e. The molecule has 1 saturated carbocycles. The van der Waals surface area contributed by atoms with Crippen LogP contribution in [0.1, 0.15) is 30.9 Å². The van der Waals surface area contributed by atoms with E-state index in [9.17, 15) is 4.79 Å². The van der Waals surface area contributed by atoms with Crippen LogP contribution in [-0.2, 0) is 4.79 Å². The smallest absolute Gasteiger partial charge is 0.221 e. The largest absolute Gasteiger partial charge is 0.356 e. The van der Waals surface area contributed by atoms with Gasteiger partial charge >= 0.3 is 0 Å². The van der Waals surface area contributed by atoms with Crippen LogP contribution >= 0.6 is 12.4 Å². The molecule has 0 aromatic heterocycles. The standard InChI is InChI=1S/C13H18N2O.ClH/c14-12(11-4-2-1-3-5-11)8-13(16)15-9-10-6-7-10;/h1-5,10,12H,6-9,14H2,(H,15,16);1H. The average molecular weight is 255 g/mol. The first-order chi connectivity index (χ1) is 7.75. The molecule has 2 rings (SSSR count). The third kappa shape index (κ3) is 4.75. The molecule has 1 unspecified atom stereocenters. The van der Waals surface area contributed by atoms with Crippen LogP contribution < -0.4 is 11.1 Å². The van der Waals surface area contributed by atoms with Gasteiger partial charge in [0.15, 0.2) is 0 Å². The summed E-state index contributed by atoms with van der Waals surface area (Å²) in [5.74, 6) is 0.778. The van der Waals surface area contributed by atoms with Crippen LogP contribution in [-0.4, -0.2) is 12.5 Å².